The Labute approximate surface area is 176 Å². The normalized spacial score (nSPS) is 16.5. The van der Waals surface area contributed by atoms with Crippen molar-refractivity contribution in [3.8, 4) is 28.7 Å². The highest BCUT2D eigenvalue weighted by Crippen LogP contribution is 2.43. The van der Waals surface area contributed by atoms with Crippen molar-refractivity contribution in [2.45, 2.75) is 26.1 Å². The first-order valence-corrected chi connectivity index (χ1v) is 10.3. The van der Waals surface area contributed by atoms with Gasteiger partial charge in [0.05, 0.1) is 10.9 Å². The summed E-state index contributed by atoms with van der Waals surface area (Å²) in [6, 6.07) is 6.64. The number of piperazine rings is 1. The SMILES string of the molecule is CN1CCN(c2ccc3c(c2)COc2c-3cnc3[nH]cc(C#CC(C)(C)O)c23)CC1. The van der Waals surface area contributed by atoms with Gasteiger partial charge in [-0.1, -0.05) is 17.9 Å². The molecule has 2 N–H and O–H groups in total. The van der Waals surface area contributed by atoms with Crippen LogP contribution < -0.4 is 9.64 Å². The molecule has 0 aliphatic carbocycles. The molecule has 0 atom stereocenters. The third kappa shape index (κ3) is 3.41. The zero-order valence-electron chi connectivity index (χ0n) is 17.6. The quantitative estimate of drug-likeness (QED) is 0.613. The van der Waals surface area contributed by atoms with Crippen LogP contribution in [0.25, 0.3) is 22.2 Å². The number of aliphatic hydroxyl groups is 1. The second-order valence-electron chi connectivity index (χ2n) is 8.66. The Morgan fingerprint density at radius 1 is 1.17 bits per heavy atom. The minimum absolute atomic E-state index is 0.520. The summed E-state index contributed by atoms with van der Waals surface area (Å²) < 4.78 is 6.24. The highest BCUT2D eigenvalue weighted by molar-refractivity contribution is 5.96. The van der Waals surface area contributed by atoms with E-state index < -0.39 is 5.60 Å². The zero-order chi connectivity index (χ0) is 20.9. The van der Waals surface area contributed by atoms with Crippen LogP contribution in [0, 0.1) is 11.8 Å². The second-order valence-corrected chi connectivity index (χ2v) is 8.66. The molecule has 0 radical (unpaired) electrons. The number of pyridine rings is 1. The van der Waals surface area contributed by atoms with Crippen LogP contribution in [0.3, 0.4) is 0 Å². The molecule has 4 heterocycles. The van der Waals surface area contributed by atoms with Crippen molar-refractivity contribution in [2.75, 3.05) is 38.1 Å². The smallest absolute Gasteiger partial charge is 0.142 e. The van der Waals surface area contributed by atoms with Crippen molar-refractivity contribution < 1.29 is 9.84 Å². The first-order chi connectivity index (χ1) is 14.4. The van der Waals surface area contributed by atoms with E-state index in [9.17, 15) is 5.11 Å². The summed E-state index contributed by atoms with van der Waals surface area (Å²) >= 11 is 0. The molecule has 5 rings (SSSR count). The molecule has 30 heavy (non-hydrogen) atoms. The molecule has 2 aliphatic heterocycles. The van der Waals surface area contributed by atoms with Crippen LogP contribution in [0.1, 0.15) is 25.0 Å². The zero-order valence-corrected chi connectivity index (χ0v) is 17.6. The summed E-state index contributed by atoms with van der Waals surface area (Å²) in [7, 11) is 2.17. The average molecular weight is 402 g/mol. The van der Waals surface area contributed by atoms with Gasteiger partial charge in [0.2, 0.25) is 0 Å². The first-order valence-electron chi connectivity index (χ1n) is 10.3. The van der Waals surface area contributed by atoms with Gasteiger partial charge in [-0.2, -0.15) is 0 Å². The lowest BCUT2D eigenvalue weighted by atomic mass is 9.96. The number of anilines is 1. The molecule has 0 unspecified atom stereocenters. The Bertz CT molecular complexity index is 1170. The Balaban J connectivity index is 1.55. The molecule has 1 aromatic carbocycles. The monoisotopic (exact) mass is 402 g/mol. The Morgan fingerprint density at radius 2 is 1.97 bits per heavy atom. The number of nitrogens with one attached hydrogen (secondary N) is 1. The standard InChI is InChI=1S/C24H26N4O2/c1-24(2,29)7-6-16-13-25-23-21(16)22-20(14-26-23)19-5-4-18(12-17(19)15-30-22)28-10-8-27(3)9-11-28/h4-5,12-14,29H,8-11,15H2,1-3H3,(H,25,26). The second kappa shape index (κ2) is 7.05. The van der Waals surface area contributed by atoms with E-state index in [4.69, 9.17) is 4.74 Å². The molecule has 2 aliphatic rings. The van der Waals surface area contributed by atoms with E-state index in [1.54, 1.807) is 13.8 Å². The number of H-pyrrole nitrogens is 1. The molecule has 6 nitrogen and oxygen atoms in total. The summed E-state index contributed by atoms with van der Waals surface area (Å²) in [6.07, 6.45) is 3.70. The van der Waals surface area contributed by atoms with Gasteiger partial charge in [0.1, 0.15) is 23.6 Å². The van der Waals surface area contributed by atoms with Crippen LogP contribution in [0.2, 0.25) is 0 Å². The van der Waals surface area contributed by atoms with Crippen molar-refractivity contribution in [2.24, 2.45) is 0 Å². The maximum Gasteiger partial charge on any atom is 0.142 e. The van der Waals surface area contributed by atoms with Crippen LogP contribution in [0.4, 0.5) is 5.69 Å². The highest BCUT2D eigenvalue weighted by atomic mass is 16.5. The minimum atomic E-state index is -1.06. The van der Waals surface area contributed by atoms with E-state index in [0.29, 0.717) is 6.61 Å². The summed E-state index contributed by atoms with van der Waals surface area (Å²) in [5.74, 6) is 6.76. The van der Waals surface area contributed by atoms with E-state index >= 15 is 0 Å². The van der Waals surface area contributed by atoms with Gasteiger partial charge in [0, 0.05) is 49.8 Å². The molecular formula is C24H26N4O2. The highest BCUT2D eigenvalue weighted by Gasteiger charge is 2.24. The predicted molar refractivity (Wildman–Crippen MR) is 119 cm³/mol. The first kappa shape index (κ1) is 19.0. The molecule has 0 saturated carbocycles. The van der Waals surface area contributed by atoms with Crippen LogP contribution in [0.15, 0.2) is 30.6 Å². The van der Waals surface area contributed by atoms with E-state index in [0.717, 1.165) is 59.7 Å². The molecule has 1 fully saturated rings. The van der Waals surface area contributed by atoms with Crippen molar-refractivity contribution in [3.63, 3.8) is 0 Å². The number of hydrogen-bond donors (Lipinski definition) is 2. The van der Waals surface area contributed by atoms with E-state index in [-0.39, 0.29) is 0 Å². The van der Waals surface area contributed by atoms with Crippen LogP contribution in [-0.2, 0) is 6.61 Å². The summed E-state index contributed by atoms with van der Waals surface area (Å²) in [6.45, 7) is 8.12. The molecule has 0 amide bonds. The molecular weight excluding hydrogens is 376 g/mol. The van der Waals surface area contributed by atoms with Crippen LogP contribution in [-0.4, -0.2) is 58.8 Å². The number of nitrogens with zero attached hydrogens (tertiary/aromatic N) is 3. The Kier molecular flexibility index (Phi) is 4.46. The molecule has 0 spiro atoms. The van der Waals surface area contributed by atoms with Crippen LogP contribution in [0.5, 0.6) is 5.75 Å². The molecule has 1 saturated heterocycles. The minimum Gasteiger partial charge on any atom is -0.487 e. The Morgan fingerprint density at radius 3 is 2.73 bits per heavy atom. The number of aromatic amines is 1. The van der Waals surface area contributed by atoms with E-state index in [1.807, 2.05) is 12.4 Å². The van der Waals surface area contributed by atoms with Gasteiger partial charge in [-0.25, -0.2) is 4.98 Å². The summed E-state index contributed by atoms with van der Waals surface area (Å²) in [4.78, 5) is 12.6. The Hall–Kier alpha value is -3.01. The van der Waals surface area contributed by atoms with Gasteiger partial charge in [-0.05, 0) is 44.2 Å². The summed E-state index contributed by atoms with van der Waals surface area (Å²) in [5, 5.41) is 10.8. The number of benzene rings is 1. The van der Waals surface area contributed by atoms with Gasteiger partial charge in [0.15, 0.2) is 0 Å². The average Bonchev–Trinajstić information content (AvgIpc) is 3.15. The number of aromatic nitrogens is 2. The third-order valence-electron chi connectivity index (χ3n) is 5.78. The van der Waals surface area contributed by atoms with Gasteiger partial charge in [-0.15, -0.1) is 0 Å². The molecule has 154 valence electrons. The van der Waals surface area contributed by atoms with E-state index in [1.165, 1.54) is 11.3 Å². The fourth-order valence-electron chi connectivity index (χ4n) is 4.10. The third-order valence-corrected chi connectivity index (χ3v) is 5.78. The van der Waals surface area contributed by atoms with Crippen molar-refractivity contribution >= 4 is 16.7 Å². The van der Waals surface area contributed by atoms with Gasteiger partial charge in [0.25, 0.3) is 0 Å². The van der Waals surface area contributed by atoms with Crippen LogP contribution >= 0.6 is 0 Å². The maximum atomic E-state index is 9.97. The van der Waals surface area contributed by atoms with Gasteiger partial charge >= 0.3 is 0 Å². The van der Waals surface area contributed by atoms with Crippen molar-refractivity contribution in [1.29, 1.82) is 0 Å². The molecule has 3 aromatic rings. The van der Waals surface area contributed by atoms with Gasteiger partial charge < -0.3 is 24.6 Å². The predicted octanol–water partition coefficient (Wildman–Crippen LogP) is 3.00. The molecule has 6 heteroatoms. The number of rotatable bonds is 1. The lowest BCUT2D eigenvalue weighted by Gasteiger charge is -2.34. The fourth-order valence-corrected chi connectivity index (χ4v) is 4.10. The van der Waals surface area contributed by atoms with Crippen molar-refractivity contribution in [3.05, 3.63) is 41.7 Å². The lowest BCUT2D eigenvalue weighted by molar-refractivity contribution is 0.143. The van der Waals surface area contributed by atoms with Crippen molar-refractivity contribution in [1.82, 2.24) is 14.9 Å². The lowest BCUT2D eigenvalue weighted by Crippen LogP contribution is -2.44. The number of fused-ring (bicyclic) bond motifs is 5. The molecule has 2 aromatic heterocycles. The molecule has 0 bridgehead atoms. The number of likely N-dealkylation sites (N-methyl/N-ethyl adjacent to an activating group) is 1. The van der Waals surface area contributed by atoms with Gasteiger partial charge in [-0.3, -0.25) is 0 Å². The largest absolute Gasteiger partial charge is 0.487 e. The number of ether oxygens (including phenoxy) is 1. The summed E-state index contributed by atoms with van der Waals surface area (Å²) in [5.41, 5.74) is 5.05. The number of hydrogen-bond acceptors (Lipinski definition) is 5. The fraction of sp³-hybridized carbons (Fsp3) is 0.375. The van der Waals surface area contributed by atoms with E-state index in [2.05, 4.69) is 56.9 Å². The topological polar surface area (TPSA) is 64.6 Å². The maximum absolute atomic E-state index is 9.97.